The van der Waals surface area contributed by atoms with Gasteiger partial charge in [-0.2, -0.15) is 0 Å². The number of aromatic amines is 1. The summed E-state index contributed by atoms with van der Waals surface area (Å²) in [4.78, 5) is 3.16. The summed E-state index contributed by atoms with van der Waals surface area (Å²) in [6.45, 7) is 6.60. The number of nitrogens with zero attached hydrogens (tertiary/aromatic N) is 1. The van der Waals surface area contributed by atoms with E-state index in [2.05, 4.69) is 41.7 Å². The molecule has 2 rings (SSSR count). The van der Waals surface area contributed by atoms with Gasteiger partial charge in [-0.25, -0.2) is 4.39 Å². The normalized spacial score (nSPS) is 13.3. The molecular formula is C15H20BrFN2S. The second kappa shape index (κ2) is 6.39. The Labute approximate surface area is 132 Å². The highest BCUT2D eigenvalue weighted by atomic mass is 79.9. The van der Waals surface area contributed by atoms with Gasteiger partial charge >= 0.3 is 0 Å². The summed E-state index contributed by atoms with van der Waals surface area (Å²) in [6.07, 6.45) is 3.42. The average molecular weight is 359 g/mol. The summed E-state index contributed by atoms with van der Waals surface area (Å²) < 4.78 is 16.9. The zero-order valence-corrected chi connectivity index (χ0v) is 14.4. The van der Waals surface area contributed by atoms with Gasteiger partial charge in [-0.3, -0.25) is 0 Å². The number of imidazole rings is 1. The third-order valence-electron chi connectivity index (χ3n) is 3.60. The Balaban J connectivity index is 2.31. The quantitative estimate of drug-likeness (QED) is 0.651. The maximum atomic E-state index is 13.8. The number of nitrogens with one attached hydrogen (secondary N) is 1. The number of H-pyrrole nitrogens is 1. The van der Waals surface area contributed by atoms with Crippen LogP contribution in [0.5, 0.6) is 0 Å². The fourth-order valence-corrected chi connectivity index (χ4v) is 3.24. The van der Waals surface area contributed by atoms with Gasteiger partial charge in [-0.05, 0) is 53.5 Å². The number of aromatic nitrogens is 2. The molecule has 0 amide bonds. The number of fused-ring (bicyclic) bond motifs is 1. The van der Waals surface area contributed by atoms with Gasteiger partial charge in [-0.1, -0.05) is 26.7 Å². The van der Waals surface area contributed by atoms with Crippen molar-refractivity contribution < 1.29 is 4.39 Å². The largest absolute Gasteiger partial charge is 0.331 e. The van der Waals surface area contributed by atoms with Crippen molar-refractivity contribution in [3.8, 4) is 0 Å². The van der Waals surface area contributed by atoms with Crippen LogP contribution in [-0.4, -0.2) is 9.55 Å². The molecule has 0 aliphatic carbocycles. The number of benzene rings is 1. The van der Waals surface area contributed by atoms with Crippen LogP contribution in [0.15, 0.2) is 16.6 Å². The molecule has 1 unspecified atom stereocenters. The average Bonchev–Trinajstić information content (AvgIpc) is 2.64. The summed E-state index contributed by atoms with van der Waals surface area (Å²) in [5.74, 6) is 0.459. The highest BCUT2D eigenvalue weighted by molar-refractivity contribution is 9.10. The Morgan fingerprint density at radius 1 is 1.30 bits per heavy atom. The van der Waals surface area contributed by atoms with Crippen molar-refractivity contribution in [3.63, 3.8) is 0 Å². The van der Waals surface area contributed by atoms with Crippen molar-refractivity contribution in [2.75, 3.05) is 0 Å². The molecule has 2 nitrogen and oxygen atoms in total. The van der Waals surface area contributed by atoms with Crippen molar-refractivity contribution in [1.82, 2.24) is 9.55 Å². The molecule has 1 atom stereocenters. The van der Waals surface area contributed by atoms with Crippen LogP contribution in [-0.2, 0) is 0 Å². The lowest BCUT2D eigenvalue weighted by atomic mass is 10.0. The molecule has 0 bridgehead atoms. The summed E-state index contributed by atoms with van der Waals surface area (Å²) in [7, 11) is 0. The van der Waals surface area contributed by atoms with Gasteiger partial charge < -0.3 is 9.55 Å². The first-order valence-corrected chi connectivity index (χ1v) is 8.19. The molecule has 0 radical (unpaired) electrons. The molecule has 1 aromatic heterocycles. The molecule has 0 spiro atoms. The number of rotatable bonds is 5. The van der Waals surface area contributed by atoms with Crippen molar-refractivity contribution in [1.29, 1.82) is 0 Å². The standard InChI is InChI=1S/C15H20BrFN2S/c1-9(2)5-4-6-10(3)19-14-8-12(17)11(16)7-13(14)18-15(19)20/h7-10H,4-6H2,1-3H3,(H,18,20). The molecule has 20 heavy (non-hydrogen) atoms. The lowest BCUT2D eigenvalue weighted by Crippen LogP contribution is -2.06. The van der Waals surface area contributed by atoms with Gasteiger partial charge in [0.05, 0.1) is 15.5 Å². The first kappa shape index (κ1) is 15.7. The number of hydrogen-bond donors (Lipinski definition) is 1. The molecule has 0 saturated carbocycles. The highest BCUT2D eigenvalue weighted by Crippen LogP contribution is 2.27. The van der Waals surface area contributed by atoms with Gasteiger partial charge in [0, 0.05) is 12.1 Å². The molecule has 1 N–H and O–H groups in total. The monoisotopic (exact) mass is 358 g/mol. The van der Waals surface area contributed by atoms with Crippen LogP contribution in [0.3, 0.4) is 0 Å². The lowest BCUT2D eigenvalue weighted by molar-refractivity contribution is 0.451. The van der Waals surface area contributed by atoms with Crippen molar-refractivity contribution in [3.05, 3.63) is 27.2 Å². The van der Waals surface area contributed by atoms with E-state index in [9.17, 15) is 4.39 Å². The Kier molecular flexibility index (Phi) is 5.02. The molecule has 2 aromatic rings. The second-order valence-corrected chi connectivity index (χ2v) is 7.00. The van der Waals surface area contributed by atoms with Crippen molar-refractivity contribution in [2.45, 2.75) is 46.1 Å². The van der Waals surface area contributed by atoms with Crippen LogP contribution in [0.1, 0.15) is 46.1 Å². The minimum absolute atomic E-state index is 0.255. The fourth-order valence-electron chi connectivity index (χ4n) is 2.51. The maximum Gasteiger partial charge on any atom is 0.178 e. The highest BCUT2D eigenvalue weighted by Gasteiger charge is 2.13. The van der Waals surface area contributed by atoms with E-state index in [0.29, 0.717) is 15.2 Å². The smallest absolute Gasteiger partial charge is 0.178 e. The van der Waals surface area contributed by atoms with E-state index in [-0.39, 0.29) is 11.9 Å². The molecule has 110 valence electrons. The van der Waals surface area contributed by atoms with E-state index in [0.717, 1.165) is 23.9 Å². The molecule has 0 aliphatic rings. The van der Waals surface area contributed by atoms with Crippen molar-refractivity contribution in [2.24, 2.45) is 5.92 Å². The predicted molar refractivity (Wildman–Crippen MR) is 88.2 cm³/mol. The summed E-state index contributed by atoms with van der Waals surface area (Å²) in [6, 6.07) is 3.57. The van der Waals surface area contributed by atoms with Crippen LogP contribution in [0.4, 0.5) is 4.39 Å². The third kappa shape index (κ3) is 3.31. The fraction of sp³-hybridized carbons (Fsp3) is 0.533. The van der Waals surface area contributed by atoms with Gasteiger partial charge in [0.25, 0.3) is 0 Å². The second-order valence-electron chi connectivity index (χ2n) is 5.76. The minimum atomic E-state index is -0.255. The van der Waals surface area contributed by atoms with Gasteiger partial charge in [0.2, 0.25) is 0 Å². The van der Waals surface area contributed by atoms with Gasteiger partial charge in [0.1, 0.15) is 5.82 Å². The summed E-state index contributed by atoms with van der Waals surface area (Å²) in [5, 5.41) is 0. The predicted octanol–water partition coefficient (Wildman–Crippen LogP) is 5.99. The maximum absolute atomic E-state index is 13.8. The van der Waals surface area contributed by atoms with Crippen LogP contribution < -0.4 is 0 Å². The number of hydrogen-bond acceptors (Lipinski definition) is 1. The Morgan fingerprint density at radius 3 is 2.65 bits per heavy atom. The summed E-state index contributed by atoms with van der Waals surface area (Å²) >= 11 is 8.59. The van der Waals surface area contributed by atoms with E-state index in [1.165, 1.54) is 6.42 Å². The van der Waals surface area contributed by atoms with E-state index in [1.807, 2.05) is 4.57 Å². The van der Waals surface area contributed by atoms with Gasteiger partial charge in [-0.15, -0.1) is 0 Å². The first-order valence-electron chi connectivity index (χ1n) is 6.99. The van der Waals surface area contributed by atoms with Crippen LogP contribution in [0.25, 0.3) is 11.0 Å². The molecular weight excluding hydrogens is 339 g/mol. The zero-order valence-electron chi connectivity index (χ0n) is 12.0. The van der Waals surface area contributed by atoms with E-state index >= 15 is 0 Å². The van der Waals surface area contributed by atoms with E-state index in [1.54, 1.807) is 12.1 Å². The van der Waals surface area contributed by atoms with E-state index in [4.69, 9.17) is 12.2 Å². The van der Waals surface area contributed by atoms with E-state index < -0.39 is 0 Å². The third-order valence-corrected chi connectivity index (χ3v) is 4.51. The SMILES string of the molecule is CC(C)CCCC(C)n1c(=S)[nH]c2cc(Br)c(F)cc21. The van der Waals surface area contributed by atoms with Crippen molar-refractivity contribution >= 4 is 39.2 Å². The topological polar surface area (TPSA) is 20.7 Å². The van der Waals surface area contributed by atoms with Gasteiger partial charge in [0.15, 0.2) is 4.77 Å². The van der Waals surface area contributed by atoms with Crippen LogP contribution >= 0.6 is 28.1 Å². The molecule has 1 heterocycles. The molecule has 0 aliphatic heterocycles. The molecule has 1 aromatic carbocycles. The lowest BCUT2D eigenvalue weighted by Gasteiger charge is -2.15. The Hall–Kier alpha value is -0.680. The Bertz CT molecular complexity index is 660. The zero-order chi connectivity index (χ0) is 14.9. The molecule has 0 saturated heterocycles. The van der Waals surface area contributed by atoms with Crippen LogP contribution in [0, 0.1) is 16.5 Å². The first-order chi connectivity index (χ1) is 9.40. The minimum Gasteiger partial charge on any atom is -0.331 e. The van der Waals surface area contributed by atoms with Crippen LogP contribution in [0.2, 0.25) is 0 Å². The number of halogens is 2. The molecule has 5 heteroatoms. The Morgan fingerprint density at radius 2 is 2.00 bits per heavy atom. The molecule has 0 fully saturated rings. The summed E-state index contributed by atoms with van der Waals surface area (Å²) in [5.41, 5.74) is 1.71.